The molecule has 20 heavy (non-hydrogen) atoms. The van der Waals surface area contributed by atoms with Gasteiger partial charge in [-0.1, -0.05) is 26.0 Å². The molecule has 3 nitrogen and oxygen atoms in total. The zero-order valence-electron chi connectivity index (χ0n) is 13.6. The van der Waals surface area contributed by atoms with Gasteiger partial charge in [0.1, 0.15) is 5.75 Å². The highest BCUT2D eigenvalue weighted by molar-refractivity contribution is 5.29. The summed E-state index contributed by atoms with van der Waals surface area (Å²) in [5.41, 5.74) is 1.33. The van der Waals surface area contributed by atoms with Gasteiger partial charge in [0, 0.05) is 18.6 Å². The van der Waals surface area contributed by atoms with E-state index in [4.69, 9.17) is 4.74 Å². The highest BCUT2D eigenvalue weighted by atomic mass is 16.5. The van der Waals surface area contributed by atoms with E-state index >= 15 is 0 Å². The topological polar surface area (TPSA) is 24.5 Å². The summed E-state index contributed by atoms with van der Waals surface area (Å²) in [7, 11) is 0. The number of benzene rings is 1. The molecule has 0 saturated heterocycles. The zero-order chi connectivity index (χ0) is 15.0. The minimum absolute atomic E-state index is 0.373. The Bertz CT molecular complexity index is 362. The molecule has 114 valence electrons. The van der Waals surface area contributed by atoms with Crippen molar-refractivity contribution in [3.8, 4) is 5.75 Å². The quantitative estimate of drug-likeness (QED) is 0.748. The van der Waals surface area contributed by atoms with Crippen LogP contribution in [0.3, 0.4) is 0 Å². The second-order valence-electron chi connectivity index (χ2n) is 5.29. The Morgan fingerprint density at radius 2 is 1.75 bits per heavy atom. The molecule has 1 aromatic rings. The molecular weight excluding hydrogens is 248 g/mol. The van der Waals surface area contributed by atoms with Crippen LogP contribution in [0.2, 0.25) is 0 Å². The lowest BCUT2D eigenvalue weighted by Gasteiger charge is -2.30. The molecule has 1 atom stereocenters. The second-order valence-corrected chi connectivity index (χ2v) is 5.29. The van der Waals surface area contributed by atoms with Gasteiger partial charge in [0.15, 0.2) is 0 Å². The van der Waals surface area contributed by atoms with Crippen LogP contribution in [-0.2, 0) is 0 Å². The number of nitrogens with one attached hydrogen (secondary N) is 1. The van der Waals surface area contributed by atoms with Crippen LogP contribution in [0.25, 0.3) is 0 Å². The van der Waals surface area contributed by atoms with Gasteiger partial charge in [-0.25, -0.2) is 0 Å². The molecule has 0 spiro atoms. The lowest BCUT2D eigenvalue weighted by molar-refractivity contribution is 0.208. The van der Waals surface area contributed by atoms with Crippen molar-refractivity contribution in [1.29, 1.82) is 0 Å². The van der Waals surface area contributed by atoms with Gasteiger partial charge in [0.05, 0.1) is 6.61 Å². The molecule has 0 radical (unpaired) electrons. The zero-order valence-corrected chi connectivity index (χ0v) is 13.6. The molecule has 1 aromatic carbocycles. The Hall–Kier alpha value is -1.06. The average Bonchev–Trinajstić information content (AvgIpc) is 2.44. The van der Waals surface area contributed by atoms with E-state index < -0.39 is 0 Å². The molecule has 1 N–H and O–H groups in total. The average molecular weight is 278 g/mol. The van der Waals surface area contributed by atoms with Crippen LogP contribution in [0.15, 0.2) is 24.3 Å². The molecule has 0 bridgehead atoms. The van der Waals surface area contributed by atoms with Crippen molar-refractivity contribution in [2.75, 3.05) is 26.2 Å². The van der Waals surface area contributed by atoms with Crippen LogP contribution in [0.4, 0.5) is 0 Å². The molecule has 0 amide bonds. The van der Waals surface area contributed by atoms with Gasteiger partial charge in [0.25, 0.3) is 0 Å². The summed E-state index contributed by atoms with van der Waals surface area (Å²) in [5.74, 6) is 0.947. The minimum Gasteiger partial charge on any atom is -0.494 e. The first-order valence-electron chi connectivity index (χ1n) is 7.82. The number of rotatable bonds is 9. The van der Waals surface area contributed by atoms with Crippen molar-refractivity contribution in [3.05, 3.63) is 29.8 Å². The summed E-state index contributed by atoms with van der Waals surface area (Å²) < 4.78 is 5.51. The van der Waals surface area contributed by atoms with Crippen LogP contribution in [0, 0.1) is 0 Å². The largest absolute Gasteiger partial charge is 0.494 e. The molecular formula is C17H30N2O. The Morgan fingerprint density at radius 3 is 2.20 bits per heavy atom. The van der Waals surface area contributed by atoms with Crippen LogP contribution >= 0.6 is 0 Å². The van der Waals surface area contributed by atoms with E-state index in [1.807, 2.05) is 6.92 Å². The van der Waals surface area contributed by atoms with E-state index in [0.717, 1.165) is 25.4 Å². The number of ether oxygens (including phenoxy) is 1. The van der Waals surface area contributed by atoms with Crippen LogP contribution in [-0.4, -0.2) is 37.2 Å². The van der Waals surface area contributed by atoms with Crippen molar-refractivity contribution in [3.63, 3.8) is 0 Å². The van der Waals surface area contributed by atoms with Gasteiger partial charge in [-0.3, -0.25) is 4.90 Å². The van der Waals surface area contributed by atoms with Crippen molar-refractivity contribution in [1.82, 2.24) is 10.2 Å². The van der Waals surface area contributed by atoms with E-state index in [2.05, 4.69) is 62.2 Å². The van der Waals surface area contributed by atoms with E-state index in [1.165, 1.54) is 5.56 Å². The molecule has 0 heterocycles. The van der Waals surface area contributed by atoms with Crippen LogP contribution in [0.5, 0.6) is 5.75 Å². The van der Waals surface area contributed by atoms with Crippen molar-refractivity contribution in [2.45, 2.75) is 46.7 Å². The van der Waals surface area contributed by atoms with Crippen LogP contribution < -0.4 is 10.1 Å². The van der Waals surface area contributed by atoms with E-state index in [1.54, 1.807) is 0 Å². The fraction of sp³-hybridized carbons (Fsp3) is 0.647. The fourth-order valence-corrected chi connectivity index (χ4v) is 2.44. The Morgan fingerprint density at radius 1 is 1.10 bits per heavy atom. The molecule has 0 aliphatic heterocycles. The number of likely N-dealkylation sites (N-methyl/N-ethyl adjacent to an activating group) is 2. The van der Waals surface area contributed by atoms with Crippen molar-refractivity contribution in [2.24, 2.45) is 0 Å². The van der Waals surface area contributed by atoms with Gasteiger partial charge in [-0.05, 0) is 51.6 Å². The fourth-order valence-electron chi connectivity index (χ4n) is 2.44. The Balaban J connectivity index is 2.78. The van der Waals surface area contributed by atoms with E-state index in [9.17, 15) is 0 Å². The maximum atomic E-state index is 5.51. The van der Waals surface area contributed by atoms with Gasteiger partial charge < -0.3 is 10.1 Å². The molecule has 0 aliphatic carbocycles. The third kappa shape index (κ3) is 5.14. The number of hydrogen-bond acceptors (Lipinski definition) is 3. The standard InChI is InChI=1S/C17H30N2O/c1-6-18-17(13-19(7-2)14(4)5)15-9-11-16(12-10-15)20-8-3/h9-12,14,17-18H,6-8,13H2,1-5H3. The van der Waals surface area contributed by atoms with E-state index in [-0.39, 0.29) is 0 Å². The normalized spacial score (nSPS) is 12.9. The lowest BCUT2D eigenvalue weighted by Crippen LogP contribution is -2.39. The maximum Gasteiger partial charge on any atom is 0.119 e. The summed E-state index contributed by atoms with van der Waals surface area (Å²) in [6.07, 6.45) is 0. The minimum atomic E-state index is 0.373. The first-order valence-corrected chi connectivity index (χ1v) is 7.82. The molecule has 3 heteroatoms. The Labute approximate surface area is 124 Å². The molecule has 1 unspecified atom stereocenters. The predicted molar refractivity (Wildman–Crippen MR) is 86.4 cm³/mol. The molecule has 0 aromatic heterocycles. The summed E-state index contributed by atoms with van der Waals surface area (Å²) in [6, 6.07) is 9.42. The van der Waals surface area contributed by atoms with Crippen molar-refractivity contribution < 1.29 is 4.74 Å². The molecule has 0 aliphatic rings. The SMILES string of the molecule is CCNC(CN(CC)C(C)C)c1ccc(OCC)cc1. The monoisotopic (exact) mass is 278 g/mol. The highest BCUT2D eigenvalue weighted by Crippen LogP contribution is 2.19. The Kier molecular flexibility index (Phi) is 7.63. The van der Waals surface area contributed by atoms with Gasteiger partial charge in [-0.15, -0.1) is 0 Å². The first kappa shape index (κ1) is 17.0. The lowest BCUT2D eigenvalue weighted by atomic mass is 10.1. The smallest absolute Gasteiger partial charge is 0.119 e. The third-order valence-corrected chi connectivity index (χ3v) is 3.60. The van der Waals surface area contributed by atoms with E-state index in [0.29, 0.717) is 18.7 Å². The predicted octanol–water partition coefficient (Wildman–Crippen LogP) is 3.47. The summed E-state index contributed by atoms with van der Waals surface area (Å²) in [5, 5.41) is 3.59. The summed E-state index contributed by atoms with van der Waals surface area (Å²) >= 11 is 0. The van der Waals surface area contributed by atoms with Gasteiger partial charge in [0.2, 0.25) is 0 Å². The van der Waals surface area contributed by atoms with Crippen molar-refractivity contribution >= 4 is 0 Å². The maximum absolute atomic E-state index is 5.51. The number of hydrogen-bond donors (Lipinski definition) is 1. The third-order valence-electron chi connectivity index (χ3n) is 3.60. The number of nitrogens with zero attached hydrogens (tertiary/aromatic N) is 1. The summed E-state index contributed by atoms with van der Waals surface area (Å²) in [4.78, 5) is 2.49. The van der Waals surface area contributed by atoms with Gasteiger partial charge >= 0.3 is 0 Å². The molecule has 1 rings (SSSR count). The first-order chi connectivity index (χ1) is 9.62. The second kappa shape index (κ2) is 8.98. The molecule has 0 fully saturated rings. The summed E-state index contributed by atoms with van der Waals surface area (Å²) in [6.45, 7) is 14.7. The van der Waals surface area contributed by atoms with Gasteiger partial charge in [-0.2, -0.15) is 0 Å². The van der Waals surface area contributed by atoms with Crippen LogP contribution in [0.1, 0.15) is 46.2 Å². The highest BCUT2D eigenvalue weighted by Gasteiger charge is 2.16. The molecule has 0 saturated carbocycles.